The molecule has 1 heterocycles. The van der Waals surface area contributed by atoms with Gasteiger partial charge >= 0.3 is 0 Å². The van der Waals surface area contributed by atoms with E-state index >= 15 is 0 Å². The Morgan fingerprint density at radius 1 is 1.19 bits per heavy atom. The largest absolute Gasteiger partial charge is 0.370 e. The van der Waals surface area contributed by atoms with Gasteiger partial charge in [-0.2, -0.15) is 0 Å². The Morgan fingerprint density at radius 2 is 1.90 bits per heavy atom. The molecule has 21 heavy (non-hydrogen) atoms. The third kappa shape index (κ3) is 5.31. The summed E-state index contributed by atoms with van der Waals surface area (Å²) in [6, 6.07) is 5.22. The van der Waals surface area contributed by atoms with Crippen molar-refractivity contribution in [2.75, 3.05) is 11.9 Å². The van der Waals surface area contributed by atoms with Crippen LogP contribution in [0.4, 0.5) is 5.82 Å². The summed E-state index contributed by atoms with van der Waals surface area (Å²) in [6.07, 6.45) is 5.12. The van der Waals surface area contributed by atoms with Crippen molar-refractivity contribution in [1.82, 2.24) is 10.3 Å². The standard InChI is InChI=1S/C18H31N3/c1-5-14(6-2)11-20-18-10-15(12-19-16-7-8-16)9-17(21-18)13(3)4/h9-10,13-14,16,19H,5-8,11-12H2,1-4H3,(H,20,21). The fourth-order valence-corrected chi connectivity index (χ4v) is 2.48. The van der Waals surface area contributed by atoms with Crippen molar-refractivity contribution in [3.8, 4) is 0 Å². The van der Waals surface area contributed by atoms with Crippen molar-refractivity contribution >= 4 is 5.82 Å². The minimum absolute atomic E-state index is 0.472. The predicted octanol–water partition coefficient (Wildman–Crippen LogP) is 4.31. The normalized spacial score (nSPS) is 15.0. The molecule has 0 radical (unpaired) electrons. The van der Waals surface area contributed by atoms with Crippen LogP contribution in [0.25, 0.3) is 0 Å². The molecular formula is C18H31N3. The molecule has 0 saturated heterocycles. The number of pyridine rings is 1. The molecule has 1 aromatic heterocycles. The highest BCUT2D eigenvalue weighted by Gasteiger charge is 2.20. The number of aromatic nitrogens is 1. The molecule has 1 fully saturated rings. The summed E-state index contributed by atoms with van der Waals surface area (Å²) < 4.78 is 0. The number of hydrogen-bond acceptors (Lipinski definition) is 3. The first-order valence-electron chi connectivity index (χ1n) is 8.60. The summed E-state index contributed by atoms with van der Waals surface area (Å²) in [7, 11) is 0. The highest BCUT2D eigenvalue weighted by Crippen LogP contribution is 2.22. The number of anilines is 1. The second kappa shape index (κ2) is 7.79. The Labute approximate surface area is 129 Å². The van der Waals surface area contributed by atoms with Crippen LogP contribution in [-0.2, 0) is 6.54 Å². The monoisotopic (exact) mass is 289 g/mol. The van der Waals surface area contributed by atoms with Crippen molar-refractivity contribution in [2.45, 2.75) is 71.9 Å². The van der Waals surface area contributed by atoms with Crippen molar-refractivity contribution in [3.05, 3.63) is 23.4 Å². The number of rotatable bonds is 9. The molecule has 0 aromatic carbocycles. The van der Waals surface area contributed by atoms with E-state index in [1.54, 1.807) is 0 Å². The van der Waals surface area contributed by atoms with Gasteiger partial charge in [0.2, 0.25) is 0 Å². The third-order valence-corrected chi connectivity index (χ3v) is 4.40. The molecule has 0 atom stereocenters. The van der Waals surface area contributed by atoms with Crippen LogP contribution < -0.4 is 10.6 Å². The molecular weight excluding hydrogens is 258 g/mol. The lowest BCUT2D eigenvalue weighted by molar-refractivity contribution is 0.518. The number of hydrogen-bond donors (Lipinski definition) is 2. The number of nitrogens with one attached hydrogen (secondary N) is 2. The average Bonchev–Trinajstić information content (AvgIpc) is 3.30. The molecule has 0 unspecified atom stereocenters. The Hall–Kier alpha value is -1.09. The van der Waals surface area contributed by atoms with Crippen LogP contribution in [0.5, 0.6) is 0 Å². The van der Waals surface area contributed by atoms with Gasteiger partial charge in [0.25, 0.3) is 0 Å². The van der Waals surface area contributed by atoms with Crippen LogP contribution in [0.3, 0.4) is 0 Å². The van der Waals surface area contributed by atoms with Gasteiger partial charge in [-0.3, -0.25) is 0 Å². The first kappa shape index (κ1) is 16.3. The van der Waals surface area contributed by atoms with Crippen LogP contribution in [0.1, 0.15) is 70.6 Å². The fraction of sp³-hybridized carbons (Fsp3) is 0.722. The maximum atomic E-state index is 4.78. The van der Waals surface area contributed by atoms with Crippen LogP contribution in [-0.4, -0.2) is 17.6 Å². The van der Waals surface area contributed by atoms with E-state index in [1.165, 1.54) is 36.9 Å². The molecule has 0 bridgehead atoms. The van der Waals surface area contributed by atoms with Gasteiger partial charge in [0.1, 0.15) is 5.82 Å². The van der Waals surface area contributed by atoms with Gasteiger partial charge < -0.3 is 10.6 Å². The van der Waals surface area contributed by atoms with E-state index < -0.39 is 0 Å². The van der Waals surface area contributed by atoms with Crippen molar-refractivity contribution in [1.29, 1.82) is 0 Å². The van der Waals surface area contributed by atoms with E-state index in [0.29, 0.717) is 5.92 Å². The van der Waals surface area contributed by atoms with E-state index in [-0.39, 0.29) is 0 Å². The molecule has 1 aliphatic carbocycles. The van der Waals surface area contributed by atoms with Gasteiger partial charge in [0, 0.05) is 24.8 Å². The van der Waals surface area contributed by atoms with Gasteiger partial charge in [0.05, 0.1) is 0 Å². The molecule has 0 spiro atoms. The highest BCUT2D eigenvalue weighted by atomic mass is 15.0. The molecule has 2 rings (SSSR count). The molecule has 0 aliphatic heterocycles. The first-order valence-corrected chi connectivity index (χ1v) is 8.60. The first-order chi connectivity index (χ1) is 10.1. The minimum atomic E-state index is 0.472. The lowest BCUT2D eigenvalue weighted by atomic mass is 10.0. The fourth-order valence-electron chi connectivity index (χ4n) is 2.48. The summed E-state index contributed by atoms with van der Waals surface area (Å²) in [4.78, 5) is 4.78. The molecule has 0 amide bonds. The van der Waals surface area contributed by atoms with E-state index in [9.17, 15) is 0 Å². The summed E-state index contributed by atoms with van der Waals surface area (Å²) >= 11 is 0. The average molecular weight is 289 g/mol. The Morgan fingerprint density at radius 3 is 2.48 bits per heavy atom. The second-order valence-electron chi connectivity index (χ2n) is 6.66. The molecule has 118 valence electrons. The summed E-state index contributed by atoms with van der Waals surface area (Å²) in [5.74, 6) is 2.25. The Kier molecular flexibility index (Phi) is 6.04. The molecule has 1 aliphatic rings. The van der Waals surface area contributed by atoms with Gasteiger partial charge in [-0.1, -0.05) is 40.5 Å². The summed E-state index contributed by atoms with van der Waals surface area (Å²) in [5.41, 5.74) is 2.55. The van der Waals surface area contributed by atoms with Crippen LogP contribution in [0, 0.1) is 5.92 Å². The summed E-state index contributed by atoms with van der Waals surface area (Å²) in [5, 5.41) is 7.14. The van der Waals surface area contributed by atoms with E-state index in [1.807, 2.05) is 0 Å². The van der Waals surface area contributed by atoms with Crippen LogP contribution >= 0.6 is 0 Å². The second-order valence-corrected chi connectivity index (χ2v) is 6.66. The van der Waals surface area contributed by atoms with Crippen LogP contribution in [0.15, 0.2) is 12.1 Å². The van der Waals surface area contributed by atoms with E-state index in [0.717, 1.165) is 30.9 Å². The molecule has 3 heteroatoms. The third-order valence-electron chi connectivity index (χ3n) is 4.40. The molecule has 1 saturated carbocycles. The zero-order valence-corrected chi connectivity index (χ0v) is 14.1. The lowest BCUT2D eigenvalue weighted by Gasteiger charge is -2.16. The predicted molar refractivity (Wildman–Crippen MR) is 90.7 cm³/mol. The van der Waals surface area contributed by atoms with Gasteiger partial charge in [-0.05, 0) is 42.4 Å². The highest BCUT2D eigenvalue weighted by molar-refractivity contribution is 5.40. The van der Waals surface area contributed by atoms with Crippen LogP contribution in [0.2, 0.25) is 0 Å². The van der Waals surface area contributed by atoms with Gasteiger partial charge in [-0.15, -0.1) is 0 Å². The molecule has 3 nitrogen and oxygen atoms in total. The van der Waals surface area contributed by atoms with Crippen molar-refractivity contribution in [3.63, 3.8) is 0 Å². The topological polar surface area (TPSA) is 37.0 Å². The zero-order valence-electron chi connectivity index (χ0n) is 14.1. The summed E-state index contributed by atoms with van der Waals surface area (Å²) in [6.45, 7) is 10.9. The number of nitrogens with zero attached hydrogens (tertiary/aromatic N) is 1. The smallest absolute Gasteiger partial charge is 0.126 e. The quantitative estimate of drug-likeness (QED) is 0.711. The zero-order chi connectivity index (χ0) is 15.2. The van der Waals surface area contributed by atoms with Gasteiger partial charge in [-0.25, -0.2) is 4.98 Å². The molecule has 1 aromatic rings. The van der Waals surface area contributed by atoms with E-state index in [2.05, 4.69) is 50.5 Å². The maximum absolute atomic E-state index is 4.78. The Bertz CT molecular complexity index is 434. The van der Waals surface area contributed by atoms with Gasteiger partial charge in [0.15, 0.2) is 0 Å². The Balaban J connectivity index is 2.02. The van der Waals surface area contributed by atoms with Crippen molar-refractivity contribution in [2.24, 2.45) is 5.92 Å². The SMILES string of the molecule is CCC(CC)CNc1cc(CNC2CC2)cc(C(C)C)n1. The maximum Gasteiger partial charge on any atom is 0.126 e. The van der Waals surface area contributed by atoms with E-state index in [4.69, 9.17) is 4.98 Å². The minimum Gasteiger partial charge on any atom is -0.370 e. The lowest BCUT2D eigenvalue weighted by Crippen LogP contribution is -2.17. The van der Waals surface area contributed by atoms with Crippen molar-refractivity contribution < 1.29 is 0 Å². The molecule has 2 N–H and O–H groups in total.